The average molecular weight is 286 g/mol. The Morgan fingerprint density at radius 3 is 2.29 bits per heavy atom. The van der Waals surface area contributed by atoms with E-state index in [1.165, 1.54) is 0 Å². The van der Waals surface area contributed by atoms with Crippen LogP contribution in [0.4, 0.5) is 0 Å². The van der Waals surface area contributed by atoms with Gasteiger partial charge in [0.25, 0.3) is 0 Å². The molecule has 0 aromatic carbocycles. The molecule has 86 valence electrons. The molecule has 0 aromatic heterocycles. The summed E-state index contributed by atoms with van der Waals surface area (Å²) in [6, 6.07) is 0.113. The van der Waals surface area contributed by atoms with Gasteiger partial charge in [0.1, 0.15) is 4.66 Å². The fourth-order valence-corrected chi connectivity index (χ4v) is 2.55. The molecule has 0 bridgehead atoms. The van der Waals surface area contributed by atoms with E-state index in [2.05, 4.69) is 34.5 Å². The maximum Gasteiger partial charge on any atom is 0.221 e. The molecule has 1 N–H and O–H groups in total. The third-order valence-corrected chi connectivity index (χ3v) is 4.82. The van der Waals surface area contributed by atoms with Crippen LogP contribution < -0.4 is 4.72 Å². The van der Waals surface area contributed by atoms with Gasteiger partial charge in [-0.3, -0.25) is 0 Å². The maximum atomic E-state index is 11.3. The van der Waals surface area contributed by atoms with Gasteiger partial charge < -0.3 is 0 Å². The van der Waals surface area contributed by atoms with Crippen molar-refractivity contribution in [2.24, 2.45) is 0 Å². The van der Waals surface area contributed by atoms with Crippen LogP contribution in [0.2, 0.25) is 0 Å². The van der Waals surface area contributed by atoms with Gasteiger partial charge in [-0.2, -0.15) is 0 Å². The molecule has 0 aliphatic carbocycles. The lowest BCUT2D eigenvalue weighted by Crippen LogP contribution is -2.35. The van der Waals surface area contributed by atoms with E-state index in [0.29, 0.717) is 0 Å². The lowest BCUT2D eigenvalue weighted by atomic mass is 10.1. The van der Waals surface area contributed by atoms with Crippen molar-refractivity contribution >= 4 is 26.0 Å². The molecule has 3 nitrogen and oxygen atoms in total. The van der Waals surface area contributed by atoms with Crippen LogP contribution in [0.3, 0.4) is 0 Å². The Balaban J connectivity index is 4.08. The minimum absolute atomic E-state index is 0.00760. The minimum atomic E-state index is -3.10. The van der Waals surface area contributed by atoms with Crippen molar-refractivity contribution in [1.29, 1.82) is 0 Å². The summed E-state index contributed by atoms with van der Waals surface area (Å²) in [5.41, 5.74) is 0. The van der Waals surface area contributed by atoms with E-state index >= 15 is 0 Å². The standard InChI is InChI=1S/C9H20BrNO2S/c1-3-5-7-9(6-4-2)11-14(12,13)8-10/h9,11H,3-8H2,1-2H3. The van der Waals surface area contributed by atoms with E-state index in [1.807, 2.05) is 0 Å². The number of rotatable bonds is 8. The highest BCUT2D eigenvalue weighted by Crippen LogP contribution is 2.08. The molecule has 0 radical (unpaired) electrons. The Bertz CT molecular complexity index is 229. The molecular weight excluding hydrogens is 266 g/mol. The highest BCUT2D eigenvalue weighted by Gasteiger charge is 2.15. The lowest BCUT2D eigenvalue weighted by Gasteiger charge is -2.16. The van der Waals surface area contributed by atoms with E-state index in [4.69, 9.17) is 0 Å². The summed E-state index contributed by atoms with van der Waals surface area (Å²) in [6.07, 6.45) is 5.06. The van der Waals surface area contributed by atoms with E-state index in [9.17, 15) is 8.42 Å². The Morgan fingerprint density at radius 2 is 1.86 bits per heavy atom. The molecule has 0 aromatic rings. The quantitative estimate of drug-likeness (QED) is 0.697. The van der Waals surface area contributed by atoms with Gasteiger partial charge in [-0.05, 0) is 12.8 Å². The smallest absolute Gasteiger partial charge is 0.212 e. The number of hydrogen-bond acceptors (Lipinski definition) is 2. The predicted octanol–water partition coefficient (Wildman–Crippen LogP) is 2.62. The second kappa shape index (κ2) is 7.65. The first-order valence-corrected chi connectivity index (χ1v) is 7.89. The molecule has 14 heavy (non-hydrogen) atoms. The van der Waals surface area contributed by atoms with Crippen molar-refractivity contribution < 1.29 is 8.42 Å². The molecule has 5 heteroatoms. The van der Waals surface area contributed by atoms with E-state index in [-0.39, 0.29) is 10.7 Å². The summed E-state index contributed by atoms with van der Waals surface area (Å²) in [6.45, 7) is 4.18. The second-order valence-electron chi connectivity index (χ2n) is 3.47. The molecule has 0 aliphatic rings. The van der Waals surface area contributed by atoms with Gasteiger partial charge in [-0.25, -0.2) is 13.1 Å². The zero-order valence-corrected chi connectivity index (χ0v) is 11.3. The molecule has 0 heterocycles. The van der Waals surface area contributed by atoms with Crippen molar-refractivity contribution in [2.75, 3.05) is 4.66 Å². The second-order valence-corrected chi connectivity index (χ2v) is 6.53. The molecular formula is C9H20BrNO2S. The molecule has 0 saturated heterocycles. The summed E-state index contributed by atoms with van der Waals surface area (Å²) >= 11 is 2.97. The number of sulfonamides is 1. The maximum absolute atomic E-state index is 11.3. The molecule has 1 atom stereocenters. The van der Waals surface area contributed by atoms with E-state index in [1.54, 1.807) is 0 Å². The molecule has 0 amide bonds. The lowest BCUT2D eigenvalue weighted by molar-refractivity contribution is 0.485. The zero-order valence-electron chi connectivity index (χ0n) is 8.92. The first-order chi connectivity index (χ1) is 6.55. The Labute approximate surface area is 95.8 Å². The van der Waals surface area contributed by atoms with Crippen molar-refractivity contribution in [3.63, 3.8) is 0 Å². The number of halogens is 1. The van der Waals surface area contributed by atoms with Crippen molar-refractivity contribution in [3.8, 4) is 0 Å². The van der Waals surface area contributed by atoms with Crippen LogP contribution in [0, 0.1) is 0 Å². The van der Waals surface area contributed by atoms with Crippen molar-refractivity contribution in [3.05, 3.63) is 0 Å². The Kier molecular flexibility index (Phi) is 7.86. The number of unbranched alkanes of at least 4 members (excludes halogenated alkanes) is 1. The zero-order chi connectivity index (χ0) is 11.0. The highest BCUT2D eigenvalue weighted by molar-refractivity contribution is 9.10. The topological polar surface area (TPSA) is 46.2 Å². The van der Waals surface area contributed by atoms with Crippen LogP contribution in [0.1, 0.15) is 46.0 Å². The van der Waals surface area contributed by atoms with E-state index < -0.39 is 10.0 Å². The molecule has 0 fully saturated rings. The summed E-state index contributed by atoms with van der Waals surface area (Å²) in [4.78, 5) is 0. The van der Waals surface area contributed by atoms with Crippen molar-refractivity contribution in [1.82, 2.24) is 4.72 Å². The van der Waals surface area contributed by atoms with Crippen LogP contribution >= 0.6 is 15.9 Å². The molecule has 0 saturated carbocycles. The molecule has 1 unspecified atom stereocenters. The predicted molar refractivity (Wildman–Crippen MR) is 64.1 cm³/mol. The van der Waals surface area contributed by atoms with Gasteiger partial charge in [-0.15, -0.1) is 0 Å². The van der Waals surface area contributed by atoms with Crippen molar-refractivity contribution in [2.45, 2.75) is 52.0 Å². The van der Waals surface area contributed by atoms with Crippen LogP contribution in [-0.4, -0.2) is 19.1 Å². The summed E-state index contributed by atoms with van der Waals surface area (Å²) < 4.78 is 25.3. The van der Waals surface area contributed by atoms with Gasteiger partial charge in [-0.1, -0.05) is 49.0 Å². The summed E-state index contributed by atoms with van der Waals surface area (Å²) in [5, 5.41) is 0. The number of alkyl halides is 1. The van der Waals surface area contributed by atoms with Gasteiger partial charge in [0.2, 0.25) is 10.0 Å². The molecule has 0 spiro atoms. The van der Waals surface area contributed by atoms with Crippen LogP contribution in [-0.2, 0) is 10.0 Å². The number of nitrogens with one attached hydrogen (secondary N) is 1. The summed E-state index contributed by atoms with van der Waals surface area (Å²) in [7, 11) is -3.10. The number of hydrogen-bond donors (Lipinski definition) is 1. The first kappa shape index (κ1) is 14.4. The third kappa shape index (κ3) is 6.79. The van der Waals surface area contributed by atoms with Gasteiger partial charge >= 0.3 is 0 Å². The minimum Gasteiger partial charge on any atom is -0.212 e. The molecule has 0 rings (SSSR count). The van der Waals surface area contributed by atoms with Gasteiger partial charge in [0.15, 0.2) is 0 Å². The first-order valence-electron chi connectivity index (χ1n) is 5.11. The molecule has 0 aliphatic heterocycles. The van der Waals surface area contributed by atoms with Gasteiger partial charge in [0.05, 0.1) is 0 Å². The SMILES string of the molecule is CCCCC(CCC)NS(=O)(=O)CBr. The largest absolute Gasteiger partial charge is 0.221 e. The fraction of sp³-hybridized carbons (Fsp3) is 1.00. The fourth-order valence-electron chi connectivity index (χ4n) is 1.35. The monoisotopic (exact) mass is 285 g/mol. The van der Waals surface area contributed by atoms with E-state index in [0.717, 1.165) is 32.1 Å². The normalized spacial score (nSPS) is 14.2. The summed E-state index contributed by atoms with van der Waals surface area (Å²) in [5.74, 6) is 0. The average Bonchev–Trinajstić information content (AvgIpc) is 2.14. The Morgan fingerprint density at radius 1 is 1.21 bits per heavy atom. The van der Waals surface area contributed by atoms with Crippen LogP contribution in [0.25, 0.3) is 0 Å². The van der Waals surface area contributed by atoms with Gasteiger partial charge in [0, 0.05) is 6.04 Å². The van der Waals surface area contributed by atoms with Crippen LogP contribution in [0.15, 0.2) is 0 Å². The highest BCUT2D eigenvalue weighted by atomic mass is 79.9. The Hall–Kier alpha value is 0.390. The van der Waals surface area contributed by atoms with Crippen LogP contribution in [0.5, 0.6) is 0 Å². The third-order valence-electron chi connectivity index (χ3n) is 2.03.